The summed E-state index contributed by atoms with van der Waals surface area (Å²) in [6.45, 7) is 0. The summed E-state index contributed by atoms with van der Waals surface area (Å²) in [5, 5.41) is 0. The minimum absolute atomic E-state index is 0.955. The van der Waals surface area contributed by atoms with Gasteiger partial charge in [-0.1, -0.05) is 115 Å². The van der Waals surface area contributed by atoms with Crippen LogP contribution in [0, 0.1) is 0 Å². The van der Waals surface area contributed by atoms with Crippen LogP contribution in [0.3, 0.4) is 0 Å². The summed E-state index contributed by atoms with van der Waals surface area (Å²) in [7, 11) is 2.15. The minimum Gasteiger partial charge on any atom is -0.345 e. The number of anilines is 2. The summed E-state index contributed by atoms with van der Waals surface area (Å²) in [4.78, 5) is 2.28. The fourth-order valence-electron chi connectivity index (χ4n) is 5.89. The van der Waals surface area contributed by atoms with Gasteiger partial charge < -0.3 is 4.90 Å². The first-order chi connectivity index (χ1) is 19.7. The third-order valence-electron chi connectivity index (χ3n) is 8.14. The molecule has 0 radical (unpaired) electrons. The molecule has 0 bridgehead atoms. The predicted octanol–water partition coefficient (Wildman–Crippen LogP) is 9.95. The first-order valence-corrected chi connectivity index (χ1v) is 14.0. The lowest BCUT2D eigenvalue weighted by Gasteiger charge is -2.21. The van der Waals surface area contributed by atoms with Gasteiger partial charge in [0.15, 0.2) is 0 Å². The van der Waals surface area contributed by atoms with Crippen molar-refractivity contribution < 1.29 is 0 Å². The molecule has 6 aromatic carbocycles. The van der Waals surface area contributed by atoms with E-state index in [1.54, 1.807) is 0 Å². The third kappa shape index (κ3) is 4.72. The highest BCUT2D eigenvalue weighted by molar-refractivity contribution is 5.82. The topological polar surface area (TPSA) is 3.24 Å². The second-order valence-electron chi connectivity index (χ2n) is 10.7. The molecule has 40 heavy (non-hydrogen) atoms. The molecule has 1 nitrogen and oxygen atoms in total. The zero-order chi connectivity index (χ0) is 26.9. The second-order valence-corrected chi connectivity index (χ2v) is 10.7. The zero-order valence-electron chi connectivity index (χ0n) is 22.7. The Kier molecular flexibility index (Phi) is 6.26. The molecule has 0 N–H and O–H groups in total. The van der Waals surface area contributed by atoms with Crippen molar-refractivity contribution in [3.63, 3.8) is 0 Å². The molecule has 1 aliphatic carbocycles. The molecule has 0 saturated heterocycles. The Hall–Kier alpha value is -4.88. The highest BCUT2D eigenvalue weighted by atomic mass is 15.1. The van der Waals surface area contributed by atoms with Gasteiger partial charge in [-0.05, 0) is 98.8 Å². The van der Waals surface area contributed by atoms with Crippen LogP contribution in [0.2, 0.25) is 0 Å². The van der Waals surface area contributed by atoms with Crippen LogP contribution in [0.4, 0.5) is 11.4 Å². The molecule has 192 valence electrons. The van der Waals surface area contributed by atoms with E-state index in [1.807, 2.05) is 0 Å². The van der Waals surface area contributed by atoms with E-state index in [4.69, 9.17) is 0 Å². The van der Waals surface area contributed by atoms with Crippen molar-refractivity contribution in [2.75, 3.05) is 11.9 Å². The van der Waals surface area contributed by atoms with Crippen LogP contribution >= 0.6 is 0 Å². The molecule has 0 atom stereocenters. The molecule has 7 rings (SSSR count). The van der Waals surface area contributed by atoms with E-state index in [0.29, 0.717) is 0 Å². The quantitative estimate of drug-likeness (QED) is 0.214. The number of hydrogen-bond donors (Lipinski definition) is 0. The molecular weight excluding hydrogens is 482 g/mol. The Bertz CT molecular complexity index is 1800. The highest BCUT2D eigenvalue weighted by Gasteiger charge is 2.18. The smallest absolute Gasteiger partial charge is 0.0414 e. The summed E-state index contributed by atoms with van der Waals surface area (Å²) < 4.78 is 0. The van der Waals surface area contributed by atoms with Gasteiger partial charge in [-0.3, -0.25) is 0 Å². The van der Waals surface area contributed by atoms with E-state index < -0.39 is 0 Å². The van der Waals surface area contributed by atoms with Gasteiger partial charge in [0.25, 0.3) is 0 Å². The van der Waals surface area contributed by atoms with Gasteiger partial charge in [0.2, 0.25) is 0 Å². The van der Waals surface area contributed by atoms with Crippen molar-refractivity contribution in [1.82, 2.24) is 0 Å². The van der Waals surface area contributed by atoms with Crippen molar-refractivity contribution in [2.45, 2.75) is 12.8 Å². The fraction of sp³-hybridized carbons (Fsp3) is 0.0769. The number of hydrogen-bond acceptors (Lipinski definition) is 1. The Morgan fingerprint density at radius 3 is 1.77 bits per heavy atom. The van der Waals surface area contributed by atoms with Crippen LogP contribution in [0.15, 0.2) is 146 Å². The lowest BCUT2D eigenvalue weighted by Crippen LogP contribution is -2.09. The summed E-state index contributed by atoms with van der Waals surface area (Å²) in [6.07, 6.45) is 1.98. The average molecular weight is 514 g/mol. The Morgan fingerprint density at radius 2 is 1.02 bits per heavy atom. The van der Waals surface area contributed by atoms with Crippen LogP contribution in [0.25, 0.3) is 33.4 Å². The first-order valence-electron chi connectivity index (χ1n) is 14.0. The first kappa shape index (κ1) is 24.2. The number of nitrogens with zero attached hydrogens (tertiary/aromatic N) is 1. The zero-order valence-corrected chi connectivity index (χ0v) is 22.7. The molecule has 0 heterocycles. The van der Waals surface area contributed by atoms with Gasteiger partial charge in [0, 0.05) is 18.4 Å². The lowest BCUT2D eigenvalue weighted by molar-refractivity contribution is 1.19. The SMILES string of the molecule is CN(c1cccc(-c2ccc(Cc3ccccc3)cc2)c1)c1cccc(-c2ccc3c(c2)-c2ccccc2C3)c1. The summed E-state index contributed by atoms with van der Waals surface area (Å²) in [5.41, 5.74) is 15.6. The van der Waals surface area contributed by atoms with E-state index in [2.05, 4.69) is 158 Å². The van der Waals surface area contributed by atoms with Gasteiger partial charge in [0.1, 0.15) is 0 Å². The number of rotatable bonds is 6. The molecule has 0 aliphatic heterocycles. The maximum Gasteiger partial charge on any atom is 0.0414 e. The van der Waals surface area contributed by atoms with E-state index >= 15 is 0 Å². The minimum atomic E-state index is 0.955. The predicted molar refractivity (Wildman–Crippen MR) is 169 cm³/mol. The van der Waals surface area contributed by atoms with Crippen LogP contribution in [0.1, 0.15) is 22.3 Å². The average Bonchev–Trinajstić information content (AvgIpc) is 3.40. The van der Waals surface area contributed by atoms with E-state index in [1.165, 1.54) is 67.0 Å². The standard InChI is InChI=1S/C39H31N/c1-40(36-14-7-12-31(25-36)30-19-17-29(18-20-30)23-28-9-3-2-4-10-28)37-15-8-13-32(26-37)33-21-22-35-24-34-11-5-6-16-38(34)39(35)27-33/h2-22,25-27H,23-24H2,1H3. The normalized spacial score (nSPS) is 11.6. The molecule has 0 aromatic heterocycles. The maximum absolute atomic E-state index is 2.36. The molecule has 0 amide bonds. The molecular formula is C39H31N. The number of fused-ring (bicyclic) bond motifs is 3. The van der Waals surface area contributed by atoms with Crippen LogP contribution in [-0.2, 0) is 12.8 Å². The summed E-state index contributed by atoms with van der Waals surface area (Å²) >= 11 is 0. The lowest BCUT2D eigenvalue weighted by atomic mass is 9.98. The van der Waals surface area contributed by atoms with Crippen molar-refractivity contribution in [3.05, 3.63) is 168 Å². The van der Waals surface area contributed by atoms with Gasteiger partial charge in [0.05, 0.1) is 0 Å². The molecule has 6 aromatic rings. The Balaban J connectivity index is 1.13. The molecule has 0 fully saturated rings. The monoisotopic (exact) mass is 513 g/mol. The van der Waals surface area contributed by atoms with Crippen LogP contribution < -0.4 is 4.90 Å². The van der Waals surface area contributed by atoms with Gasteiger partial charge in [-0.25, -0.2) is 0 Å². The van der Waals surface area contributed by atoms with Crippen LogP contribution in [-0.4, -0.2) is 7.05 Å². The molecule has 0 saturated carbocycles. The molecule has 0 spiro atoms. The molecule has 0 unspecified atom stereocenters. The Morgan fingerprint density at radius 1 is 0.450 bits per heavy atom. The fourth-order valence-corrected chi connectivity index (χ4v) is 5.89. The Labute approximate surface area is 237 Å². The highest BCUT2D eigenvalue weighted by Crippen LogP contribution is 2.39. The van der Waals surface area contributed by atoms with E-state index in [-0.39, 0.29) is 0 Å². The van der Waals surface area contributed by atoms with E-state index in [0.717, 1.165) is 12.8 Å². The molecule has 1 heteroatoms. The van der Waals surface area contributed by atoms with Crippen molar-refractivity contribution in [2.24, 2.45) is 0 Å². The van der Waals surface area contributed by atoms with Crippen LogP contribution in [0.5, 0.6) is 0 Å². The van der Waals surface area contributed by atoms with Gasteiger partial charge in [-0.15, -0.1) is 0 Å². The van der Waals surface area contributed by atoms with E-state index in [9.17, 15) is 0 Å². The maximum atomic E-state index is 2.36. The largest absolute Gasteiger partial charge is 0.345 e. The van der Waals surface area contributed by atoms with Crippen molar-refractivity contribution in [1.29, 1.82) is 0 Å². The third-order valence-corrected chi connectivity index (χ3v) is 8.14. The molecule has 1 aliphatic rings. The van der Waals surface area contributed by atoms with Gasteiger partial charge in [-0.2, -0.15) is 0 Å². The van der Waals surface area contributed by atoms with Crippen molar-refractivity contribution in [3.8, 4) is 33.4 Å². The van der Waals surface area contributed by atoms with Gasteiger partial charge >= 0.3 is 0 Å². The summed E-state index contributed by atoms with van der Waals surface area (Å²) in [5.74, 6) is 0. The van der Waals surface area contributed by atoms with Crippen molar-refractivity contribution >= 4 is 11.4 Å². The number of benzene rings is 6. The summed E-state index contributed by atoms with van der Waals surface area (Å²) in [6, 6.07) is 53.0. The second kappa shape index (κ2) is 10.4.